The Hall–Kier alpha value is -1.68. The number of nitrogens with zero attached hydrogens (tertiary/aromatic N) is 2. The second kappa shape index (κ2) is 6.18. The first-order valence-corrected chi connectivity index (χ1v) is 7.31. The summed E-state index contributed by atoms with van der Waals surface area (Å²) in [7, 11) is 0. The zero-order chi connectivity index (χ0) is 14.7. The smallest absolute Gasteiger partial charge is 0.157 e. The van der Waals surface area contributed by atoms with Gasteiger partial charge in [-0.25, -0.2) is 0 Å². The van der Waals surface area contributed by atoms with Crippen LogP contribution in [0.3, 0.4) is 0 Å². The summed E-state index contributed by atoms with van der Waals surface area (Å²) >= 11 is 3.33. The average molecular weight is 333 g/mol. The number of phenols is 1. The van der Waals surface area contributed by atoms with E-state index in [1.807, 2.05) is 37.3 Å². The third-order valence-electron chi connectivity index (χ3n) is 3.28. The second-order valence-electron chi connectivity index (χ2n) is 4.77. The number of hydrogen-bond acceptors (Lipinski definition) is 3. The van der Waals surface area contributed by atoms with Gasteiger partial charge in [-0.05, 0) is 77.2 Å². The molecular formula is C16H17BrN2O. The Morgan fingerprint density at radius 1 is 1.05 bits per heavy atom. The van der Waals surface area contributed by atoms with Crippen LogP contribution in [0.15, 0.2) is 45.0 Å². The predicted octanol–water partition coefficient (Wildman–Crippen LogP) is 5.75. The van der Waals surface area contributed by atoms with E-state index in [1.165, 1.54) is 11.1 Å². The lowest BCUT2D eigenvalue weighted by Gasteiger charge is -2.04. The van der Waals surface area contributed by atoms with Crippen LogP contribution in [-0.4, -0.2) is 5.11 Å². The van der Waals surface area contributed by atoms with Crippen LogP contribution < -0.4 is 0 Å². The summed E-state index contributed by atoms with van der Waals surface area (Å²) < 4.78 is 0.644. The summed E-state index contributed by atoms with van der Waals surface area (Å²) in [6, 6.07) is 9.66. The van der Waals surface area contributed by atoms with Crippen LogP contribution in [-0.2, 0) is 6.42 Å². The Bertz CT molecular complexity index is 666. The highest BCUT2D eigenvalue weighted by Gasteiger charge is 2.07. The van der Waals surface area contributed by atoms with Crippen LogP contribution >= 0.6 is 15.9 Å². The number of azo groups is 1. The molecule has 0 bridgehead atoms. The maximum Gasteiger partial charge on any atom is 0.157 e. The molecule has 0 aromatic heterocycles. The maximum atomic E-state index is 9.99. The van der Waals surface area contributed by atoms with Crippen LogP contribution in [0.5, 0.6) is 5.75 Å². The molecular weight excluding hydrogens is 316 g/mol. The highest BCUT2D eigenvalue weighted by atomic mass is 79.9. The van der Waals surface area contributed by atoms with E-state index in [9.17, 15) is 5.11 Å². The third-order valence-corrected chi connectivity index (χ3v) is 3.88. The van der Waals surface area contributed by atoms with Crippen molar-refractivity contribution in [3.8, 4) is 5.75 Å². The minimum absolute atomic E-state index is 0.120. The molecule has 0 aliphatic rings. The van der Waals surface area contributed by atoms with E-state index in [1.54, 1.807) is 0 Å². The molecule has 0 radical (unpaired) electrons. The molecule has 0 saturated carbocycles. The van der Waals surface area contributed by atoms with Crippen molar-refractivity contribution in [3.63, 3.8) is 0 Å². The van der Waals surface area contributed by atoms with Gasteiger partial charge in [-0.15, -0.1) is 5.11 Å². The molecule has 0 spiro atoms. The standard InChI is InChI=1S/C16H17BrN2O/c1-4-12-8-14(17)16(20)15(9-12)19-18-13-6-5-10(2)11(3)7-13/h5-9,20H,4H2,1-3H3. The highest BCUT2D eigenvalue weighted by molar-refractivity contribution is 9.10. The number of aryl methyl sites for hydroxylation is 3. The first kappa shape index (κ1) is 14.7. The first-order valence-electron chi connectivity index (χ1n) is 6.51. The molecule has 0 unspecified atom stereocenters. The van der Waals surface area contributed by atoms with E-state index in [2.05, 4.69) is 40.0 Å². The molecule has 20 heavy (non-hydrogen) atoms. The molecule has 3 nitrogen and oxygen atoms in total. The van der Waals surface area contributed by atoms with Crippen LogP contribution in [0.1, 0.15) is 23.6 Å². The zero-order valence-corrected chi connectivity index (χ0v) is 13.4. The van der Waals surface area contributed by atoms with Crippen LogP contribution in [0.4, 0.5) is 11.4 Å². The largest absolute Gasteiger partial charge is 0.505 e. The van der Waals surface area contributed by atoms with Crippen molar-refractivity contribution < 1.29 is 5.11 Å². The first-order chi connectivity index (χ1) is 9.51. The third kappa shape index (κ3) is 3.25. The highest BCUT2D eigenvalue weighted by Crippen LogP contribution is 2.36. The number of rotatable bonds is 3. The van der Waals surface area contributed by atoms with E-state index in [4.69, 9.17) is 0 Å². The summed E-state index contributed by atoms with van der Waals surface area (Å²) in [5.41, 5.74) is 4.76. The molecule has 0 atom stereocenters. The number of hydrogen-bond donors (Lipinski definition) is 1. The lowest BCUT2D eigenvalue weighted by Crippen LogP contribution is -1.81. The lowest BCUT2D eigenvalue weighted by atomic mass is 10.1. The quantitative estimate of drug-likeness (QED) is 0.714. The normalized spacial score (nSPS) is 11.2. The predicted molar refractivity (Wildman–Crippen MR) is 85.3 cm³/mol. The van der Waals surface area contributed by atoms with E-state index in [-0.39, 0.29) is 5.75 Å². The van der Waals surface area contributed by atoms with Crippen molar-refractivity contribution in [1.82, 2.24) is 0 Å². The van der Waals surface area contributed by atoms with Crippen molar-refractivity contribution in [3.05, 3.63) is 51.5 Å². The molecule has 2 aromatic carbocycles. The molecule has 0 aliphatic heterocycles. The van der Waals surface area contributed by atoms with E-state index in [0.29, 0.717) is 10.2 Å². The summed E-state index contributed by atoms with van der Waals surface area (Å²) in [4.78, 5) is 0. The Morgan fingerprint density at radius 2 is 1.80 bits per heavy atom. The van der Waals surface area contributed by atoms with Crippen molar-refractivity contribution in [1.29, 1.82) is 0 Å². The van der Waals surface area contributed by atoms with Gasteiger partial charge in [0.05, 0.1) is 10.2 Å². The van der Waals surface area contributed by atoms with Gasteiger partial charge in [0.15, 0.2) is 5.75 Å². The monoisotopic (exact) mass is 332 g/mol. The molecule has 0 saturated heterocycles. The van der Waals surface area contributed by atoms with Crippen molar-refractivity contribution in [2.24, 2.45) is 10.2 Å². The average Bonchev–Trinajstić information content (AvgIpc) is 2.44. The fraction of sp³-hybridized carbons (Fsp3) is 0.250. The van der Waals surface area contributed by atoms with Gasteiger partial charge in [0.25, 0.3) is 0 Å². The Balaban J connectivity index is 2.35. The number of aromatic hydroxyl groups is 1. The van der Waals surface area contributed by atoms with Gasteiger partial charge in [-0.2, -0.15) is 5.11 Å². The van der Waals surface area contributed by atoms with Crippen LogP contribution in [0.2, 0.25) is 0 Å². The van der Waals surface area contributed by atoms with Gasteiger partial charge in [0.2, 0.25) is 0 Å². The van der Waals surface area contributed by atoms with Crippen LogP contribution in [0, 0.1) is 13.8 Å². The molecule has 0 heterocycles. The SMILES string of the molecule is CCc1cc(Br)c(O)c(N=Nc2ccc(C)c(C)c2)c1. The minimum Gasteiger partial charge on any atom is -0.505 e. The molecule has 0 aliphatic carbocycles. The number of phenolic OH excluding ortho intramolecular Hbond substituents is 1. The fourth-order valence-electron chi connectivity index (χ4n) is 1.82. The van der Waals surface area contributed by atoms with Gasteiger partial charge < -0.3 is 5.11 Å². The van der Waals surface area contributed by atoms with Gasteiger partial charge in [-0.3, -0.25) is 0 Å². The van der Waals surface area contributed by atoms with Gasteiger partial charge in [0.1, 0.15) is 5.69 Å². The van der Waals surface area contributed by atoms with Crippen molar-refractivity contribution in [2.75, 3.05) is 0 Å². The molecule has 104 valence electrons. The molecule has 4 heteroatoms. The Labute approximate surface area is 127 Å². The molecule has 2 aromatic rings. The topological polar surface area (TPSA) is 45.0 Å². The van der Waals surface area contributed by atoms with Crippen molar-refractivity contribution in [2.45, 2.75) is 27.2 Å². The summed E-state index contributed by atoms with van der Waals surface area (Å²) in [6.07, 6.45) is 0.880. The second-order valence-corrected chi connectivity index (χ2v) is 5.62. The van der Waals surface area contributed by atoms with Gasteiger partial charge in [-0.1, -0.05) is 13.0 Å². The number of halogens is 1. The summed E-state index contributed by atoms with van der Waals surface area (Å²) in [5.74, 6) is 0.120. The zero-order valence-electron chi connectivity index (χ0n) is 11.8. The van der Waals surface area contributed by atoms with E-state index >= 15 is 0 Å². The molecule has 1 N–H and O–H groups in total. The minimum atomic E-state index is 0.120. The summed E-state index contributed by atoms with van der Waals surface area (Å²) in [5, 5.41) is 18.4. The maximum absolute atomic E-state index is 9.99. The van der Waals surface area contributed by atoms with Crippen molar-refractivity contribution >= 4 is 27.3 Å². The van der Waals surface area contributed by atoms with E-state index < -0.39 is 0 Å². The van der Waals surface area contributed by atoms with Gasteiger partial charge in [0, 0.05) is 0 Å². The Kier molecular flexibility index (Phi) is 4.55. The van der Waals surface area contributed by atoms with E-state index in [0.717, 1.165) is 17.7 Å². The Morgan fingerprint density at radius 3 is 2.45 bits per heavy atom. The molecule has 2 rings (SSSR count). The van der Waals surface area contributed by atoms with Gasteiger partial charge >= 0.3 is 0 Å². The lowest BCUT2D eigenvalue weighted by molar-refractivity contribution is 0.473. The molecule has 0 fully saturated rings. The molecule has 0 amide bonds. The number of benzene rings is 2. The van der Waals surface area contributed by atoms with Crippen LogP contribution in [0.25, 0.3) is 0 Å². The summed E-state index contributed by atoms with van der Waals surface area (Å²) in [6.45, 7) is 6.16. The fourth-order valence-corrected chi connectivity index (χ4v) is 2.32.